The van der Waals surface area contributed by atoms with Gasteiger partial charge in [0.25, 0.3) is 0 Å². The highest BCUT2D eigenvalue weighted by molar-refractivity contribution is 5.75. The fourth-order valence-corrected chi connectivity index (χ4v) is 3.04. The second-order valence-electron chi connectivity index (χ2n) is 5.09. The highest BCUT2D eigenvalue weighted by atomic mass is 19.1. The van der Waals surface area contributed by atoms with Crippen LogP contribution in [0.25, 0.3) is 11.0 Å². The molecule has 1 aliphatic rings. The maximum atomic E-state index is 13.2. The first-order chi connectivity index (χ1) is 8.23. The quantitative estimate of drug-likeness (QED) is 0.835. The minimum atomic E-state index is -0.204. The van der Waals surface area contributed by atoms with Gasteiger partial charge in [-0.25, -0.2) is 9.37 Å². The molecule has 1 saturated carbocycles. The Morgan fingerprint density at radius 2 is 2.12 bits per heavy atom. The third-order valence-corrected chi connectivity index (χ3v) is 4.18. The summed E-state index contributed by atoms with van der Waals surface area (Å²) in [6.45, 7) is 2.22. The van der Waals surface area contributed by atoms with Gasteiger partial charge < -0.3 is 4.98 Å². The fourth-order valence-electron chi connectivity index (χ4n) is 3.04. The zero-order valence-electron chi connectivity index (χ0n) is 10.1. The first-order valence-corrected chi connectivity index (χ1v) is 6.39. The van der Waals surface area contributed by atoms with Crippen LogP contribution in [0.3, 0.4) is 0 Å². The van der Waals surface area contributed by atoms with Crippen molar-refractivity contribution in [3.63, 3.8) is 0 Å². The van der Waals surface area contributed by atoms with Crippen LogP contribution in [0.4, 0.5) is 4.39 Å². The summed E-state index contributed by atoms with van der Waals surface area (Å²) in [6.07, 6.45) is 6.06. The lowest BCUT2D eigenvalue weighted by Crippen LogP contribution is -2.22. The van der Waals surface area contributed by atoms with Crippen molar-refractivity contribution in [1.29, 1.82) is 0 Å². The third-order valence-electron chi connectivity index (χ3n) is 4.18. The molecule has 1 heterocycles. The minimum Gasteiger partial charge on any atom is -0.341 e. The molecule has 0 bridgehead atoms. The van der Waals surface area contributed by atoms with E-state index in [9.17, 15) is 4.39 Å². The molecule has 0 unspecified atom stereocenters. The Labute approximate surface area is 100 Å². The molecular weight excluding hydrogens is 215 g/mol. The van der Waals surface area contributed by atoms with Crippen molar-refractivity contribution in [3.8, 4) is 0 Å². The summed E-state index contributed by atoms with van der Waals surface area (Å²) in [7, 11) is 0. The fraction of sp³-hybridized carbons (Fsp3) is 0.500. The second-order valence-corrected chi connectivity index (χ2v) is 5.09. The Morgan fingerprint density at radius 3 is 2.82 bits per heavy atom. The van der Waals surface area contributed by atoms with Gasteiger partial charge in [0.05, 0.1) is 11.0 Å². The van der Waals surface area contributed by atoms with E-state index in [1.807, 2.05) is 0 Å². The van der Waals surface area contributed by atoms with Gasteiger partial charge in [-0.15, -0.1) is 0 Å². The molecule has 1 aromatic carbocycles. The molecule has 3 rings (SSSR count). The normalized spacial score (nSPS) is 18.9. The Bertz CT molecular complexity index is 538. The zero-order chi connectivity index (χ0) is 11.9. The lowest BCUT2D eigenvalue weighted by atomic mass is 9.83. The number of fused-ring (bicyclic) bond motifs is 1. The molecule has 0 aliphatic heterocycles. The maximum Gasteiger partial charge on any atom is 0.125 e. The largest absolute Gasteiger partial charge is 0.341 e. The van der Waals surface area contributed by atoms with Crippen molar-refractivity contribution in [1.82, 2.24) is 9.97 Å². The van der Waals surface area contributed by atoms with Gasteiger partial charge in [-0.05, 0) is 37.5 Å². The molecule has 3 heteroatoms. The van der Waals surface area contributed by atoms with Gasteiger partial charge >= 0.3 is 0 Å². The van der Waals surface area contributed by atoms with Gasteiger partial charge in [0.15, 0.2) is 0 Å². The topological polar surface area (TPSA) is 28.7 Å². The van der Waals surface area contributed by atoms with Gasteiger partial charge in [0, 0.05) is 5.41 Å². The molecule has 0 spiro atoms. The summed E-state index contributed by atoms with van der Waals surface area (Å²) in [5, 5.41) is 0. The van der Waals surface area contributed by atoms with Crippen LogP contribution >= 0.6 is 0 Å². The number of nitrogens with one attached hydrogen (secondary N) is 1. The van der Waals surface area contributed by atoms with Crippen LogP contribution in [0.15, 0.2) is 18.2 Å². The van der Waals surface area contributed by atoms with Crippen LogP contribution in [0.1, 0.15) is 44.9 Å². The third kappa shape index (κ3) is 1.65. The molecular formula is C14H17FN2. The summed E-state index contributed by atoms with van der Waals surface area (Å²) >= 11 is 0. The van der Waals surface area contributed by atoms with Crippen molar-refractivity contribution >= 4 is 11.0 Å². The molecule has 1 aromatic heterocycles. The molecule has 0 saturated heterocycles. The molecule has 90 valence electrons. The van der Waals surface area contributed by atoms with Gasteiger partial charge in [-0.1, -0.05) is 19.8 Å². The smallest absolute Gasteiger partial charge is 0.125 e. The summed E-state index contributed by atoms with van der Waals surface area (Å²) in [5.74, 6) is 0.850. The lowest BCUT2D eigenvalue weighted by molar-refractivity contribution is 0.403. The summed E-state index contributed by atoms with van der Waals surface area (Å²) < 4.78 is 13.2. The monoisotopic (exact) mass is 232 g/mol. The Kier molecular flexibility index (Phi) is 2.42. The van der Waals surface area contributed by atoms with E-state index in [4.69, 9.17) is 0 Å². The highest BCUT2D eigenvalue weighted by Crippen LogP contribution is 2.42. The number of hydrogen-bond donors (Lipinski definition) is 1. The number of halogens is 1. The van der Waals surface area contributed by atoms with Gasteiger partial charge in [0.1, 0.15) is 11.6 Å². The predicted octanol–water partition coefficient (Wildman–Crippen LogP) is 3.92. The van der Waals surface area contributed by atoms with E-state index in [-0.39, 0.29) is 11.2 Å². The van der Waals surface area contributed by atoms with E-state index in [0.29, 0.717) is 0 Å². The number of imidazole rings is 1. The summed E-state index contributed by atoms with van der Waals surface area (Å²) in [6, 6.07) is 4.76. The maximum absolute atomic E-state index is 13.2. The molecule has 1 aliphatic carbocycles. The van der Waals surface area contributed by atoms with Crippen LogP contribution in [-0.2, 0) is 5.41 Å². The molecule has 1 fully saturated rings. The average molecular weight is 232 g/mol. The van der Waals surface area contributed by atoms with Gasteiger partial charge in [-0.2, -0.15) is 0 Å². The van der Waals surface area contributed by atoms with Crippen LogP contribution in [0.2, 0.25) is 0 Å². The molecule has 0 amide bonds. The Balaban J connectivity index is 2.11. The van der Waals surface area contributed by atoms with E-state index in [1.54, 1.807) is 6.07 Å². The van der Waals surface area contributed by atoms with Crippen LogP contribution in [0.5, 0.6) is 0 Å². The number of nitrogens with zero attached hydrogens (tertiary/aromatic N) is 1. The first kappa shape index (κ1) is 10.8. The second kappa shape index (κ2) is 3.83. The molecule has 2 nitrogen and oxygen atoms in total. The van der Waals surface area contributed by atoms with Gasteiger partial charge in [0.2, 0.25) is 0 Å². The van der Waals surface area contributed by atoms with Gasteiger partial charge in [-0.3, -0.25) is 0 Å². The van der Waals surface area contributed by atoms with Crippen LogP contribution in [0, 0.1) is 5.82 Å². The molecule has 0 atom stereocenters. The summed E-state index contributed by atoms with van der Waals surface area (Å²) in [4.78, 5) is 7.98. The molecule has 0 radical (unpaired) electrons. The SMILES string of the molecule is CCC1(c2nc3ccc(F)cc3[nH]2)CCCC1. The minimum absolute atomic E-state index is 0.204. The highest BCUT2D eigenvalue weighted by Gasteiger charge is 2.36. The molecule has 17 heavy (non-hydrogen) atoms. The van der Waals surface area contributed by atoms with Crippen LogP contribution < -0.4 is 0 Å². The van der Waals surface area contributed by atoms with Crippen molar-refractivity contribution in [2.45, 2.75) is 44.4 Å². The summed E-state index contributed by atoms with van der Waals surface area (Å²) in [5.41, 5.74) is 1.90. The average Bonchev–Trinajstić information content (AvgIpc) is 2.94. The zero-order valence-corrected chi connectivity index (χ0v) is 10.1. The molecule has 1 N–H and O–H groups in total. The molecule has 2 aromatic rings. The van der Waals surface area contributed by atoms with E-state index in [2.05, 4.69) is 16.9 Å². The van der Waals surface area contributed by atoms with Crippen molar-refractivity contribution in [3.05, 3.63) is 29.8 Å². The number of aromatic nitrogens is 2. The van der Waals surface area contributed by atoms with E-state index in [0.717, 1.165) is 23.3 Å². The van der Waals surface area contributed by atoms with Crippen LogP contribution in [-0.4, -0.2) is 9.97 Å². The number of hydrogen-bond acceptors (Lipinski definition) is 1. The number of aromatic amines is 1. The Hall–Kier alpha value is -1.38. The van der Waals surface area contributed by atoms with E-state index >= 15 is 0 Å². The van der Waals surface area contributed by atoms with E-state index < -0.39 is 0 Å². The lowest BCUT2D eigenvalue weighted by Gasteiger charge is -2.24. The number of H-pyrrole nitrogens is 1. The van der Waals surface area contributed by atoms with Crippen molar-refractivity contribution in [2.24, 2.45) is 0 Å². The standard InChI is InChI=1S/C14H17FN2/c1-2-14(7-3-4-8-14)13-16-11-6-5-10(15)9-12(11)17-13/h5-6,9H,2-4,7-8H2,1H3,(H,16,17). The first-order valence-electron chi connectivity index (χ1n) is 6.39. The Morgan fingerprint density at radius 1 is 1.35 bits per heavy atom. The number of rotatable bonds is 2. The van der Waals surface area contributed by atoms with Crippen molar-refractivity contribution < 1.29 is 4.39 Å². The van der Waals surface area contributed by atoms with E-state index in [1.165, 1.54) is 37.8 Å². The predicted molar refractivity (Wildman–Crippen MR) is 66.5 cm³/mol. The van der Waals surface area contributed by atoms with Crippen molar-refractivity contribution in [2.75, 3.05) is 0 Å². The number of benzene rings is 1.